The van der Waals surface area contributed by atoms with Crippen molar-refractivity contribution in [1.29, 1.82) is 0 Å². The van der Waals surface area contributed by atoms with Crippen LogP contribution in [0.2, 0.25) is 0 Å². The van der Waals surface area contributed by atoms with Crippen molar-refractivity contribution in [2.45, 2.75) is 44.6 Å². The van der Waals surface area contributed by atoms with Crippen LogP contribution in [0.3, 0.4) is 0 Å². The number of rotatable bonds is 4. The number of H-pyrrole nitrogens is 1. The zero-order valence-corrected chi connectivity index (χ0v) is 14.7. The van der Waals surface area contributed by atoms with Gasteiger partial charge in [0.05, 0.1) is 0 Å². The van der Waals surface area contributed by atoms with E-state index in [9.17, 15) is 9.59 Å². The van der Waals surface area contributed by atoms with E-state index in [0.29, 0.717) is 30.1 Å². The zero-order valence-electron chi connectivity index (χ0n) is 14.7. The van der Waals surface area contributed by atoms with Gasteiger partial charge in [-0.25, -0.2) is 4.98 Å². The van der Waals surface area contributed by atoms with E-state index < -0.39 is 5.54 Å². The van der Waals surface area contributed by atoms with Gasteiger partial charge in [0, 0.05) is 18.3 Å². The molecule has 25 heavy (non-hydrogen) atoms. The van der Waals surface area contributed by atoms with Gasteiger partial charge in [-0.1, -0.05) is 49.6 Å². The average Bonchev–Trinajstić information content (AvgIpc) is 3.04. The molecule has 1 saturated carbocycles. The number of carbonyl (C=O) groups excluding carboxylic acids is 2. The van der Waals surface area contributed by atoms with Gasteiger partial charge in [0.25, 0.3) is 5.91 Å². The summed E-state index contributed by atoms with van der Waals surface area (Å²) in [5.41, 5.74) is 1.12. The molecule has 0 bridgehead atoms. The minimum atomic E-state index is -0.831. The van der Waals surface area contributed by atoms with Gasteiger partial charge in [0.2, 0.25) is 5.91 Å². The van der Waals surface area contributed by atoms with Crippen molar-refractivity contribution in [3.63, 3.8) is 0 Å². The second-order valence-corrected chi connectivity index (χ2v) is 6.60. The van der Waals surface area contributed by atoms with E-state index in [0.717, 1.165) is 24.8 Å². The van der Waals surface area contributed by atoms with Crippen LogP contribution in [0.25, 0.3) is 11.4 Å². The van der Waals surface area contributed by atoms with Crippen LogP contribution in [-0.2, 0) is 4.79 Å². The van der Waals surface area contributed by atoms with Crippen molar-refractivity contribution in [1.82, 2.24) is 20.6 Å². The van der Waals surface area contributed by atoms with Gasteiger partial charge in [-0.3, -0.25) is 9.59 Å². The van der Waals surface area contributed by atoms with E-state index in [4.69, 9.17) is 0 Å². The number of amides is 2. The third-order valence-electron chi connectivity index (χ3n) is 4.87. The highest BCUT2D eigenvalue weighted by Gasteiger charge is 2.41. The van der Waals surface area contributed by atoms with Crippen LogP contribution in [-0.4, -0.2) is 34.4 Å². The first-order chi connectivity index (χ1) is 12.1. The summed E-state index contributed by atoms with van der Waals surface area (Å²) in [4.78, 5) is 32.9. The molecule has 0 saturated heterocycles. The molecule has 0 atom stereocenters. The first kappa shape index (κ1) is 17.2. The average molecular weight is 340 g/mol. The number of likely N-dealkylation sites (N-methyl/N-ethyl adjacent to an activating group) is 1. The lowest BCUT2D eigenvalue weighted by Gasteiger charge is -2.36. The molecule has 3 rings (SSSR count). The number of hydrogen-bond donors (Lipinski definition) is 3. The fraction of sp³-hybridized carbons (Fsp3) is 0.421. The molecule has 1 aromatic heterocycles. The van der Waals surface area contributed by atoms with Crippen molar-refractivity contribution in [2.24, 2.45) is 0 Å². The molecule has 0 aliphatic heterocycles. The summed E-state index contributed by atoms with van der Waals surface area (Å²) < 4.78 is 0. The first-order valence-corrected chi connectivity index (χ1v) is 8.72. The van der Waals surface area contributed by atoms with Crippen LogP contribution < -0.4 is 10.6 Å². The van der Waals surface area contributed by atoms with Crippen molar-refractivity contribution in [3.05, 3.63) is 41.7 Å². The highest BCUT2D eigenvalue weighted by atomic mass is 16.2. The summed E-state index contributed by atoms with van der Waals surface area (Å²) in [5, 5.41) is 5.67. The summed E-state index contributed by atoms with van der Waals surface area (Å²) in [5.74, 6) is 0.222. The second kappa shape index (κ2) is 7.09. The van der Waals surface area contributed by atoms with Crippen LogP contribution in [0.5, 0.6) is 0 Å². The maximum Gasteiger partial charge on any atom is 0.272 e. The number of aromatic amines is 1. The minimum absolute atomic E-state index is 0.128. The molecule has 1 fully saturated rings. The fourth-order valence-electron chi connectivity index (χ4n) is 3.49. The molecule has 0 unspecified atom stereocenters. The Bertz CT molecular complexity index is 761. The normalized spacial score (nSPS) is 16.2. The molecule has 2 aromatic rings. The van der Waals surface area contributed by atoms with Gasteiger partial charge >= 0.3 is 0 Å². The Labute approximate surface area is 147 Å². The molecule has 6 heteroatoms. The Kier molecular flexibility index (Phi) is 4.88. The van der Waals surface area contributed by atoms with Gasteiger partial charge in [-0.15, -0.1) is 0 Å². The Balaban J connectivity index is 1.85. The number of hydrogen-bond acceptors (Lipinski definition) is 3. The Morgan fingerprint density at radius 1 is 1.12 bits per heavy atom. The maximum absolute atomic E-state index is 12.8. The summed E-state index contributed by atoms with van der Waals surface area (Å²) >= 11 is 0. The van der Waals surface area contributed by atoms with E-state index in [1.165, 1.54) is 0 Å². The third kappa shape index (κ3) is 3.43. The Hall–Kier alpha value is -2.63. The van der Waals surface area contributed by atoms with Gasteiger partial charge in [-0.05, 0) is 19.8 Å². The molecule has 132 valence electrons. The zero-order chi connectivity index (χ0) is 17.9. The van der Waals surface area contributed by atoms with Crippen LogP contribution in [0.1, 0.15) is 48.3 Å². The van der Waals surface area contributed by atoms with Gasteiger partial charge in [0.15, 0.2) is 0 Å². The van der Waals surface area contributed by atoms with Crippen LogP contribution >= 0.6 is 0 Å². The highest BCUT2D eigenvalue weighted by Crippen LogP contribution is 2.29. The van der Waals surface area contributed by atoms with E-state index in [1.54, 1.807) is 7.05 Å². The van der Waals surface area contributed by atoms with Gasteiger partial charge in [-0.2, -0.15) is 0 Å². The molecule has 1 aliphatic carbocycles. The number of nitrogens with zero attached hydrogens (tertiary/aromatic N) is 1. The Morgan fingerprint density at radius 2 is 1.80 bits per heavy atom. The Morgan fingerprint density at radius 3 is 2.44 bits per heavy atom. The molecular weight excluding hydrogens is 316 g/mol. The van der Waals surface area contributed by atoms with Crippen LogP contribution in [0.15, 0.2) is 30.3 Å². The summed E-state index contributed by atoms with van der Waals surface area (Å²) in [7, 11) is 1.61. The summed E-state index contributed by atoms with van der Waals surface area (Å²) in [6, 6.07) is 9.66. The predicted octanol–water partition coefficient (Wildman–Crippen LogP) is 2.56. The number of nitrogens with one attached hydrogen (secondary N) is 3. The third-order valence-corrected chi connectivity index (χ3v) is 4.87. The molecule has 0 radical (unpaired) electrons. The molecule has 1 aliphatic rings. The van der Waals surface area contributed by atoms with Crippen molar-refractivity contribution >= 4 is 11.8 Å². The SMILES string of the molecule is CNC(=O)C1(NC(=O)c2nc(-c3ccccc3)[nH]c2C)CCCCC1. The van der Waals surface area contributed by atoms with E-state index >= 15 is 0 Å². The number of aromatic nitrogens is 2. The summed E-state index contributed by atoms with van der Waals surface area (Å²) in [6.45, 7) is 1.82. The van der Waals surface area contributed by atoms with E-state index in [2.05, 4.69) is 20.6 Å². The monoisotopic (exact) mass is 340 g/mol. The lowest BCUT2D eigenvalue weighted by Crippen LogP contribution is -2.59. The lowest BCUT2D eigenvalue weighted by molar-refractivity contribution is -0.128. The molecule has 6 nitrogen and oxygen atoms in total. The number of benzene rings is 1. The van der Waals surface area contributed by atoms with Gasteiger partial charge < -0.3 is 15.6 Å². The first-order valence-electron chi connectivity index (χ1n) is 8.72. The van der Waals surface area contributed by atoms with E-state index in [-0.39, 0.29) is 11.8 Å². The largest absolute Gasteiger partial charge is 0.357 e. The minimum Gasteiger partial charge on any atom is -0.357 e. The molecular formula is C19H24N4O2. The summed E-state index contributed by atoms with van der Waals surface area (Å²) in [6.07, 6.45) is 4.28. The predicted molar refractivity (Wildman–Crippen MR) is 96.1 cm³/mol. The fourth-order valence-corrected chi connectivity index (χ4v) is 3.49. The molecule has 1 aromatic carbocycles. The molecule has 3 N–H and O–H groups in total. The highest BCUT2D eigenvalue weighted by molar-refractivity contribution is 5.99. The van der Waals surface area contributed by atoms with Crippen molar-refractivity contribution in [3.8, 4) is 11.4 Å². The maximum atomic E-state index is 12.8. The molecule has 2 amide bonds. The van der Waals surface area contributed by atoms with E-state index in [1.807, 2.05) is 37.3 Å². The molecule has 0 spiro atoms. The quantitative estimate of drug-likeness (QED) is 0.799. The smallest absolute Gasteiger partial charge is 0.272 e. The lowest BCUT2D eigenvalue weighted by atomic mass is 9.80. The topological polar surface area (TPSA) is 86.9 Å². The second-order valence-electron chi connectivity index (χ2n) is 6.60. The number of imidazole rings is 1. The number of carbonyl (C=O) groups is 2. The molecule has 1 heterocycles. The van der Waals surface area contributed by atoms with Crippen LogP contribution in [0.4, 0.5) is 0 Å². The van der Waals surface area contributed by atoms with Crippen LogP contribution in [0, 0.1) is 6.92 Å². The van der Waals surface area contributed by atoms with Gasteiger partial charge in [0.1, 0.15) is 17.1 Å². The number of aryl methyl sites for hydroxylation is 1. The van der Waals surface area contributed by atoms with Crippen molar-refractivity contribution in [2.75, 3.05) is 7.05 Å². The van der Waals surface area contributed by atoms with Crippen molar-refractivity contribution < 1.29 is 9.59 Å². The standard InChI is InChI=1S/C19H24N4O2/c1-13-15(22-16(21-13)14-9-5-3-6-10-14)17(24)23-19(18(25)20-2)11-7-4-8-12-19/h3,5-6,9-10H,4,7-8,11-12H2,1-2H3,(H,20,25)(H,21,22)(H,23,24).